The molecule has 90 valence electrons. The second-order valence-electron chi connectivity index (χ2n) is 4.60. The van der Waals surface area contributed by atoms with Gasteiger partial charge in [-0.1, -0.05) is 11.6 Å². The first-order chi connectivity index (χ1) is 8.18. The summed E-state index contributed by atoms with van der Waals surface area (Å²) in [4.78, 5) is 16.2. The van der Waals surface area contributed by atoms with Crippen molar-refractivity contribution in [1.29, 1.82) is 0 Å². The van der Waals surface area contributed by atoms with Gasteiger partial charge in [-0.3, -0.25) is 4.79 Å². The monoisotopic (exact) mass is 230 g/mol. The number of nitrogens with two attached hydrogens (primary N) is 1. The fourth-order valence-electron chi connectivity index (χ4n) is 2.30. The highest BCUT2D eigenvalue weighted by Gasteiger charge is 2.16. The quantitative estimate of drug-likeness (QED) is 0.641. The molecule has 1 aliphatic carbocycles. The summed E-state index contributed by atoms with van der Waals surface area (Å²) in [6.45, 7) is 1.90. The Morgan fingerprint density at radius 3 is 2.94 bits per heavy atom. The molecule has 1 heterocycles. The molecule has 0 amide bonds. The minimum atomic E-state index is 0.0984. The number of aromatic nitrogens is 1. The van der Waals surface area contributed by atoms with Crippen LogP contribution in [0.15, 0.2) is 23.9 Å². The molecule has 2 N–H and O–H groups in total. The molecule has 0 unspecified atom stereocenters. The van der Waals surface area contributed by atoms with Gasteiger partial charge in [-0.25, -0.2) is 4.98 Å². The van der Waals surface area contributed by atoms with Gasteiger partial charge in [-0.05, 0) is 44.2 Å². The Morgan fingerprint density at radius 1 is 1.47 bits per heavy atom. The van der Waals surface area contributed by atoms with Crippen molar-refractivity contribution in [2.45, 2.75) is 39.0 Å². The number of aryl methyl sites for hydroxylation is 1. The minimum Gasteiger partial charge on any atom is -0.383 e. The Balaban J connectivity index is 2.17. The summed E-state index contributed by atoms with van der Waals surface area (Å²) in [5, 5.41) is 0. The molecule has 0 saturated carbocycles. The third-order valence-corrected chi connectivity index (χ3v) is 3.24. The van der Waals surface area contributed by atoms with Crippen LogP contribution in [0.25, 0.3) is 0 Å². The molecule has 0 fully saturated rings. The number of carbonyl (C=O) groups excluding carboxylic acids is 1. The van der Waals surface area contributed by atoms with Crippen LogP contribution in [0, 0.1) is 6.92 Å². The van der Waals surface area contributed by atoms with Crippen LogP contribution in [0.2, 0.25) is 0 Å². The highest BCUT2D eigenvalue weighted by atomic mass is 16.1. The number of Topliss-reactive ketones (excluding diaryl/α,β-unsaturated/α-hetero) is 1. The third kappa shape index (κ3) is 2.73. The van der Waals surface area contributed by atoms with Crippen molar-refractivity contribution in [3.8, 4) is 0 Å². The van der Waals surface area contributed by atoms with Gasteiger partial charge < -0.3 is 5.73 Å². The minimum absolute atomic E-state index is 0.0984. The average Bonchev–Trinajstić information content (AvgIpc) is 2.30. The van der Waals surface area contributed by atoms with E-state index in [1.54, 1.807) is 6.20 Å². The summed E-state index contributed by atoms with van der Waals surface area (Å²) in [5.41, 5.74) is 8.54. The molecule has 0 spiro atoms. The lowest BCUT2D eigenvalue weighted by molar-refractivity contribution is 0.0991. The van der Waals surface area contributed by atoms with Gasteiger partial charge in [0.2, 0.25) is 0 Å². The Bertz CT molecular complexity index is 443. The lowest BCUT2D eigenvalue weighted by Crippen LogP contribution is -2.09. The molecule has 1 aliphatic rings. The van der Waals surface area contributed by atoms with Crippen LogP contribution < -0.4 is 5.73 Å². The highest BCUT2D eigenvalue weighted by Crippen LogP contribution is 2.24. The van der Waals surface area contributed by atoms with Crippen LogP contribution in [0.4, 0.5) is 5.82 Å². The number of nitrogen functional groups attached to an aromatic ring is 1. The molecule has 1 aromatic heterocycles. The van der Waals surface area contributed by atoms with E-state index >= 15 is 0 Å². The maximum atomic E-state index is 12.2. The fraction of sp³-hybridized carbons (Fsp3) is 0.429. The van der Waals surface area contributed by atoms with Crippen molar-refractivity contribution in [3.05, 3.63) is 35.0 Å². The van der Waals surface area contributed by atoms with E-state index in [2.05, 4.69) is 11.1 Å². The van der Waals surface area contributed by atoms with Gasteiger partial charge in [0.15, 0.2) is 5.78 Å². The molecule has 1 aromatic rings. The number of hydrogen-bond acceptors (Lipinski definition) is 3. The van der Waals surface area contributed by atoms with E-state index < -0.39 is 0 Å². The Kier molecular flexibility index (Phi) is 3.57. The predicted octanol–water partition coefficient (Wildman–Crippen LogP) is 3.05. The first-order valence-corrected chi connectivity index (χ1v) is 6.10. The average molecular weight is 230 g/mol. The molecule has 3 nitrogen and oxygen atoms in total. The molecular weight excluding hydrogens is 212 g/mol. The van der Waals surface area contributed by atoms with E-state index in [4.69, 9.17) is 5.73 Å². The Morgan fingerprint density at radius 2 is 2.29 bits per heavy atom. The van der Waals surface area contributed by atoms with Crippen LogP contribution >= 0.6 is 0 Å². The topological polar surface area (TPSA) is 56.0 Å². The summed E-state index contributed by atoms with van der Waals surface area (Å²) in [5.74, 6) is 0.452. The molecule has 17 heavy (non-hydrogen) atoms. The maximum Gasteiger partial charge on any atom is 0.170 e. The molecule has 0 aromatic carbocycles. The van der Waals surface area contributed by atoms with Gasteiger partial charge in [0.1, 0.15) is 5.82 Å². The van der Waals surface area contributed by atoms with E-state index in [0.29, 0.717) is 17.8 Å². The largest absolute Gasteiger partial charge is 0.383 e. The molecular formula is C14H18N2O. The van der Waals surface area contributed by atoms with Crippen LogP contribution in [0.1, 0.15) is 48.0 Å². The standard InChI is InChI=1S/C14H18N2O/c1-10-7-8-16-14(15)13(10)12(17)9-11-5-3-2-4-6-11/h5,7-8H,2-4,6,9H2,1H3,(H2,15,16). The second kappa shape index (κ2) is 5.13. The number of carbonyl (C=O) groups is 1. The highest BCUT2D eigenvalue weighted by molar-refractivity contribution is 6.02. The SMILES string of the molecule is Cc1ccnc(N)c1C(=O)CC1=CCCCC1. The summed E-state index contributed by atoms with van der Waals surface area (Å²) < 4.78 is 0. The maximum absolute atomic E-state index is 12.2. The van der Waals surface area contributed by atoms with Crippen molar-refractivity contribution < 1.29 is 4.79 Å². The number of anilines is 1. The molecule has 0 aliphatic heterocycles. The van der Waals surface area contributed by atoms with Crippen molar-refractivity contribution >= 4 is 11.6 Å². The number of hydrogen-bond donors (Lipinski definition) is 1. The van der Waals surface area contributed by atoms with Crippen molar-refractivity contribution in [2.24, 2.45) is 0 Å². The van der Waals surface area contributed by atoms with Gasteiger partial charge >= 0.3 is 0 Å². The van der Waals surface area contributed by atoms with Gasteiger partial charge in [0.05, 0.1) is 5.56 Å². The second-order valence-corrected chi connectivity index (χ2v) is 4.60. The lowest BCUT2D eigenvalue weighted by atomic mass is 9.93. The van der Waals surface area contributed by atoms with Crippen molar-refractivity contribution in [2.75, 3.05) is 5.73 Å². The number of rotatable bonds is 3. The normalized spacial score (nSPS) is 15.5. The van der Waals surface area contributed by atoms with Crippen LogP contribution in [-0.2, 0) is 0 Å². The van der Waals surface area contributed by atoms with Crippen LogP contribution in [0.3, 0.4) is 0 Å². The molecule has 0 radical (unpaired) electrons. The lowest BCUT2D eigenvalue weighted by Gasteiger charge is -2.13. The Hall–Kier alpha value is -1.64. The van der Waals surface area contributed by atoms with E-state index in [1.165, 1.54) is 18.4 Å². The van der Waals surface area contributed by atoms with E-state index in [-0.39, 0.29) is 5.78 Å². The van der Waals surface area contributed by atoms with Crippen LogP contribution in [-0.4, -0.2) is 10.8 Å². The zero-order valence-corrected chi connectivity index (χ0v) is 10.2. The van der Waals surface area contributed by atoms with Crippen molar-refractivity contribution in [3.63, 3.8) is 0 Å². The zero-order chi connectivity index (χ0) is 12.3. The predicted molar refractivity (Wildman–Crippen MR) is 68.9 cm³/mol. The number of pyridine rings is 1. The van der Waals surface area contributed by atoms with Gasteiger partial charge in [0, 0.05) is 12.6 Å². The molecule has 0 saturated heterocycles. The first-order valence-electron chi connectivity index (χ1n) is 6.10. The van der Waals surface area contributed by atoms with E-state index in [9.17, 15) is 4.79 Å². The Labute approximate surface area is 102 Å². The summed E-state index contributed by atoms with van der Waals surface area (Å²) in [6, 6.07) is 1.83. The molecule has 0 atom stereocenters. The van der Waals surface area contributed by atoms with Gasteiger partial charge in [-0.15, -0.1) is 0 Å². The first kappa shape index (κ1) is 11.8. The summed E-state index contributed by atoms with van der Waals surface area (Å²) >= 11 is 0. The number of nitrogens with zero attached hydrogens (tertiary/aromatic N) is 1. The summed E-state index contributed by atoms with van der Waals surface area (Å²) in [6.07, 6.45) is 8.92. The summed E-state index contributed by atoms with van der Waals surface area (Å²) in [7, 11) is 0. The van der Waals surface area contributed by atoms with E-state index in [0.717, 1.165) is 18.4 Å². The smallest absolute Gasteiger partial charge is 0.170 e. The third-order valence-electron chi connectivity index (χ3n) is 3.24. The van der Waals surface area contributed by atoms with Crippen molar-refractivity contribution in [1.82, 2.24) is 4.98 Å². The molecule has 0 bridgehead atoms. The zero-order valence-electron chi connectivity index (χ0n) is 10.2. The van der Waals surface area contributed by atoms with Gasteiger partial charge in [-0.2, -0.15) is 0 Å². The molecule has 3 heteroatoms. The molecule has 2 rings (SSSR count). The number of allylic oxidation sites excluding steroid dienone is 2. The fourth-order valence-corrected chi connectivity index (χ4v) is 2.30. The van der Waals surface area contributed by atoms with Crippen LogP contribution in [0.5, 0.6) is 0 Å². The number of ketones is 1. The van der Waals surface area contributed by atoms with E-state index in [1.807, 2.05) is 13.0 Å². The van der Waals surface area contributed by atoms with Gasteiger partial charge in [0.25, 0.3) is 0 Å².